The third kappa shape index (κ3) is 5.38. The zero-order valence-electron chi connectivity index (χ0n) is 16.9. The highest BCUT2D eigenvalue weighted by molar-refractivity contribution is 7.89. The minimum Gasteiger partial charge on any atom is -0.478 e. The van der Waals surface area contributed by atoms with Crippen LogP contribution in [0.2, 0.25) is 0 Å². The first-order valence-corrected chi connectivity index (χ1v) is 11.3. The first-order chi connectivity index (χ1) is 14.7. The molecule has 0 unspecified atom stereocenters. The van der Waals surface area contributed by atoms with E-state index in [4.69, 9.17) is 0 Å². The number of carboxylic acids is 1. The Balaban J connectivity index is 1.64. The van der Waals surface area contributed by atoms with Crippen molar-refractivity contribution in [1.82, 2.24) is 9.71 Å². The number of amides is 1. The van der Waals surface area contributed by atoms with Crippen LogP contribution >= 0.6 is 0 Å². The highest BCUT2D eigenvalue weighted by Crippen LogP contribution is 2.26. The van der Waals surface area contributed by atoms with Gasteiger partial charge in [-0.1, -0.05) is 30.3 Å². The Kier molecular flexibility index (Phi) is 6.56. The SMILES string of the molecule is Cc1nc(N2CCC(C(=O)NS(=O)(=O)Cc3ccccc3)CC2)c(C#N)cc1C(=O)O. The molecule has 0 radical (unpaired) electrons. The molecule has 162 valence electrons. The quantitative estimate of drug-likeness (QED) is 0.690. The molecule has 0 spiro atoms. The number of rotatable bonds is 6. The van der Waals surface area contributed by atoms with Gasteiger partial charge < -0.3 is 10.0 Å². The van der Waals surface area contributed by atoms with E-state index in [-0.39, 0.29) is 16.9 Å². The summed E-state index contributed by atoms with van der Waals surface area (Å²) in [4.78, 5) is 29.9. The molecule has 1 amide bonds. The summed E-state index contributed by atoms with van der Waals surface area (Å²) in [5.74, 6) is -2.07. The third-order valence-electron chi connectivity index (χ3n) is 5.16. The van der Waals surface area contributed by atoms with Crippen LogP contribution in [0.1, 0.15) is 40.0 Å². The van der Waals surface area contributed by atoms with Gasteiger partial charge in [-0.05, 0) is 31.4 Å². The van der Waals surface area contributed by atoms with Crippen molar-refractivity contribution in [2.45, 2.75) is 25.5 Å². The Hall–Kier alpha value is -3.45. The van der Waals surface area contributed by atoms with Crippen molar-refractivity contribution in [1.29, 1.82) is 5.26 Å². The predicted molar refractivity (Wildman–Crippen MR) is 113 cm³/mol. The number of aromatic carboxylic acids is 1. The van der Waals surface area contributed by atoms with Crippen LogP contribution in [0.25, 0.3) is 0 Å². The second kappa shape index (κ2) is 9.14. The van der Waals surface area contributed by atoms with Crippen LogP contribution in [-0.4, -0.2) is 43.5 Å². The first kappa shape index (κ1) is 22.2. The number of hydrogen-bond acceptors (Lipinski definition) is 7. The highest BCUT2D eigenvalue weighted by atomic mass is 32.2. The van der Waals surface area contributed by atoms with Crippen molar-refractivity contribution in [2.24, 2.45) is 5.92 Å². The second-order valence-corrected chi connectivity index (χ2v) is 9.10. The van der Waals surface area contributed by atoms with E-state index in [1.807, 2.05) is 11.0 Å². The van der Waals surface area contributed by atoms with Crippen LogP contribution in [0, 0.1) is 24.2 Å². The Labute approximate surface area is 180 Å². The number of nitrogens with one attached hydrogen (secondary N) is 1. The van der Waals surface area contributed by atoms with E-state index < -0.39 is 27.8 Å². The fourth-order valence-corrected chi connectivity index (χ4v) is 4.73. The van der Waals surface area contributed by atoms with Crippen LogP contribution in [0.3, 0.4) is 0 Å². The molecule has 0 atom stereocenters. The number of carboxylic acid groups (broad SMARTS) is 1. The van der Waals surface area contributed by atoms with Crippen LogP contribution in [-0.2, 0) is 20.6 Å². The molecule has 1 saturated heterocycles. The number of hydrogen-bond donors (Lipinski definition) is 2. The van der Waals surface area contributed by atoms with E-state index in [1.54, 1.807) is 37.3 Å². The molecule has 2 aromatic rings. The molecule has 2 heterocycles. The maximum absolute atomic E-state index is 12.5. The van der Waals surface area contributed by atoms with E-state index in [0.717, 1.165) is 0 Å². The zero-order valence-corrected chi connectivity index (χ0v) is 17.7. The number of anilines is 1. The monoisotopic (exact) mass is 442 g/mol. The molecule has 0 aliphatic carbocycles. The maximum Gasteiger partial charge on any atom is 0.337 e. The number of nitrogens with zero attached hydrogens (tertiary/aromatic N) is 3. The third-order valence-corrected chi connectivity index (χ3v) is 6.39. The summed E-state index contributed by atoms with van der Waals surface area (Å²) >= 11 is 0. The topological polar surface area (TPSA) is 140 Å². The molecule has 1 aliphatic heterocycles. The van der Waals surface area contributed by atoms with Gasteiger partial charge in [0.2, 0.25) is 15.9 Å². The number of aryl methyl sites for hydroxylation is 1. The summed E-state index contributed by atoms with van der Waals surface area (Å²) in [6.45, 7) is 2.35. The van der Waals surface area contributed by atoms with Gasteiger partial charge in [0, 0.05) is 19.0 Å². The summed E-state index contributed by atoms with van der Waals surface area (Å²) in [6, 6.07) is 11.9. The molecular weight excluding hydrogens is 420 g/mol. The van der Waals surface area contributed by atoms with Crippen LogP contribution in [0.15, 0.2) is 36.4 Å². The summed E-state index contributed by atoms with van der Waals surface area (Å²) in [5, 5.41) is 18.6. The Bertz CT molecular complexity index is 1130. The molecule has 3 rings (SSSR count). The van der Waals surface area contributed by atoms with Gasteiger partial charge in [0.25, 0.3) is 0 Å². The lowest BCUT2D eigenvalue weighted by molar-refractivity contribution is -0.123. The van der Waals surface area contributed by atoms with Crippen LogP contribution in [0.4, 0.5) is 5.82 Å². The van der Waals surface area contributed by atoms with Crippen LogP contribution < -0.4 is 9.62 Å². The van der Waals surface area contributed by atoms with Gasteiger partial charge in [0.1, 0.15) is 11.9 Å². The number of nitriles is 1. The number of pyridine rings is 1. The van der Waals surface area contributed by atoms with Gasteiger partial charge in [0.05, 0.1) is 22.6 Å². The zero-order chi connectivity index (χ0) is 22.6. The molecular formula is C21H22N4O5S. The number of carbonyl (C=O) groups excluding carboxylic acids is 1. The smallest absolute Gasteiger partial charge is 0.337 e. The maximum atomic E-state index is 12.5. The molecule has 1 aromatic carbocycles. The largest absolute Gasteiger partial charge is 0.478 e. The minimum atomic E-state index is -3.80. The van der Waals surface area contributed by atoms with Gasteiger partial charge in [-0.15, -0.1) is 0 Å². The summed E-state index contributed by atoms with van der Waals surface area (Å²) in [7, 11) is -3.80. The average molecular weight is 442 g/mol. The fraction of sp³-hybridized carbons (Fsp3) is 0.333. The molecule has 1 fully saturated rings. The predicted octanol–water partition coefficient (Wildman–Crippen LogP) is 1.82. The van der Waals surface area contributed by atoms with Gasteiger partial charge in [-0.3, -0.25) is 9.52 Å². The lowest BCUT2D eigenvalue weighted by atomic mass is 9.96. The number of aromatic nitrogens is 1. The van der Waals surface area contributed by atoms with Gasteiger partial charge in [0.15, 0.2) is 0 Å². The average Bonchev–Trinajstić information content (AvgIpc) is 2.73. The molecule has 10 heteroatoms. The summed E-state index contributed by atoms with van der Waals surface area (Å²) in [5.41, 5.74) is 1.01. The lowest BCUT2D eigenvalue weighted by Gasteiger charge is -2.32. The van der Waals surface area contributed by atoms with Crippen molar-refractivity contribution in [3.63, 3.8) is 0 Å². The molecule has 31 heavy (non-hydrogen) atoms. The number of piperidine rings is 1. The van der Waals surface area contributed by atoms with Crippen LogP contribution in [0.5, 0.6) is 0 Å². The van der Waals surface area contributed by atoms with Gasteiger partial charge >= 0.3 is 5.97 Å². The standard InChI is InChI=1S/C21H22N4O5S/c1-14-18(21(27)28)11-17(12-22)19(23-14)25-9-7-16(8-10-25)20(26)24-31(29,30)13-15-5-3-2-4-6-15/h2-6,11,16H,7-10,13H2,1H3,(H,24,26)(H,27,28). The Morgan fingerprint density at radius 1 is 1.26 bits per heavy atom. The van der Waals surface area contributed by atoms with E-state index in [0.29, 0.717) is 43.0 Å². The molecule has 1 aliphatic rings. The van der Waals surface area contributed by atoms with E-state index in [2.05, 4.69) is 9.71 Å². The fourth-order valence-electron chi connectivity index (χ4n) is 3.55. The highest BCUT2D eigenvalue weighted by Gasteiger charge is 2.29. The number of benzene rings is 1. The molecule has 0 bridgehead atoms. The van der Waals surface area contributed by atoms with Crippen molar-refractivity contribution in [2.75, 3.05) is 18.0 Å². The minimum absolute atomic E-state index is 0.0295. The van der Waals surface area contributed by atoms with E-state index in [9.17, 15) is 28.4 Å². The Morgan fingerprint density at radius 2 is 1.90 bits per heavy atom. The second-order valence-electron chi connectivity index (χ2n) is 7.38. The number of carbonyl (C=O) groups is 2. The van der Waals surface area contributed by atoms with Crippen molar-refractivity contribution in [3.05, 3.63) is 58.8 Å². The van der Waals surface area contributed by atoms with E-state index in [1.165, 1.54) is 6.07 Å². The summed E-state index contributed by atoms with van der Waals surface area (Å²) in [6.07, 6.45) is 0.776. The first-order valence-electron chi connectivity index (χ1n) is 9.68. The van der Waals surface area contributed by atoms with Crippen molar-refractivity contribution < 1.29 is 23.1 Å². The Morgan fingerprint density at radius 3 is 2.48 bits per heavy atom. The molecule has 9 nitrogen and oxygen atoms in total. The normalized spacial score (nSPS) is 14.6. The van der Waals surface area contributed by atoms with Crippen molar-refractivity contribution in [3.8, 4) is 6.07 Å². The van der Waals surface area contributed by atoms with Gasteiger partial charge in [-0.25, -0.2) is 18.2 Å². The molecule has 2 N–H and O–H groups in total. The van der Waals surface area contributed by atoms with Gasteiger partial charge in [-0.2, -0.15) is 5.26 Å². The molecule has 0 saturated carbocycles. The molecule has 1 aromatic heterocycles. The summed E-state index contributed by atoms with van der Waals surface area (Å²) < 4.78 is 26.8. The lowest BCUT2D eigenvalue weighted by Crippen LogP contribution is -2.43. The van der Waals surface area contributed by atoms with E-state index >= 15 is 0 Å². The number of sulfonamides is 1. The van der Waals surface area contributed by atoms with Crippen molar-refractivity contribution >= 4 is 27.7 Å².